The van der Waals surface area contributed by atoms with Crippen LogP contribution in [0.1, 0.15) is 72.5 Å². The molecule has 14 heteroatoms. The lowest BCUT2D eigenvalue weighted by Crippen LogP contribution is -2.28. The van der Waals surface area contributed by atoms with Crippen molar-refractivity contribution < 1.29 is 69.3 Å². The molecule has 3 N–H and O–H groups in total. The summed E-state index contributed by atoms with van der Waals surface area (Å²) in [5.74, 6) is -9.39. The molecule has 0 fully saturated rings. The second-order valence-electron chi connectivity index (χ2n) is 14.0. The van der Waals surface area contributed by atoms with Crippen LogP contribution in [0.3, 0.4) is 0 Å². The van der Waals surface area contributed by atoms with E-state index in [1.807, 2.05) is 0 Å². The number of benzene rings is 8. The Labute approximate surface area is 354 Å². The standard InChI is InChI=1S/C30H18O8.C19H12O6/c31-27(32)21-7-3-15-11-19(5-1-17(15)13-21)23-9-10-24(29(35)36)25(26(23)30(37)38)20-6-2-18-14-22(28(33)34)8-4-16(18)12-20;20-17(21)13-7-5-10-8-12(6-4-11(10)9-13)16-14(18(22)23)2-1-3-15(16)19(24)25/h1-14H,(H,31,32)(H,33,34)(H,35,36)(H,37,38);1-9H,(H,20,21)(H,22,23)(H,24,25)/p-4. The zero-order chi connectivity index (χ0) is 45.3. The summed E-state index contributed by atoms with van der Waals surface area (Å²) >= 11 is 0. The van der Waals surface area contributed by atoms with Crippen LogP contribution in [0.2, 0.25) is 0 Å². The molecular formula is C49H26O14-4. The molecule has 0 saturated heterocycles. The predicted molar refractivity (Wildman–Crippen MR) is 220 cm³/mol. The Kier molecular flexibility index (Phi) is 11.2. The van der Waals surface area contributed by atoms with E-state index in [0.717, 1.165) is 0 Å². The summed E-state index contributed by atoms with van der Waals surface area (Å²) in [6.45, 7) is 0. The summed E-state index contributed by atoms with van der Waals surface area (Å²) in [6, 6.07) is 34.2. The van der Waals surface area contributed by atoms with E-state index in [0.29, 0.717) is 43.4 Å². The van der Waals surface area contributed by atoms with Gasteiger partial charge in [-0.25, -0.2) is 14.4 Å². The molecule has 8 aromatic carbocycles. The van der Waals surface area contributed by atoms with Crippen molar-refractivity contribution in [1.29, 1.82) is 0 Å². The molecule has 0 unspecified atom stereocenters. The van der Waals surface area contributed by atoms with Crippen molar-refractivity contribution in [2.24, 2.45) is 0 Å². The van der Waals surface area contributed by atoms with Crippen LogP contribution >= 0.6 is 0 Å². The highest BCUT2D eigenvalue weighted by Crippen LogP contribution is 2.38. The zero-order valence-electron chi connectivity index (χ0n) is 32.1. The monoisotopic (exact) mass is 838 g/mol. The van der Waals surface area contributed by atoms with Gasteiger partial charge in [-0.3, -0.25) is 0 Å². The van der Waals surface area contributed by atoms with Crippen LogP contribution in [0.15, 0.2) is 140 Å². The molecule has 0 aliphatic carbocycles. The maximum absolute atomic E-state index is 12.5. The number of hydrogen-bond donors (Lipinski definition) is 3. The van der Waals surface area contributed by atoms with Crippen molar-refractivity contribution in [3.05, 3.63) is 178 Å². The van der Waals surface area contributed by atoms with Crippen LogP contribution in [0, 0.1) is 0 Å². The van der Waals surface area contributed by atoms with E-state index < -0.39 is 41.8 Å². The first-order valence-corrected chi connectivity index (χ1v) is 18.5. The van der Waals surface area contributed by atoms with E-state index in [1.54, 1.807) is 60.7 Å². The Morgan fingerprint density at radius 3 is 1.19 bits per heavy atom. The SMILES string of the molecule is O=C(O)c1ccc2cc(-c3ccc(C(=O)[O-])c(-c4ccc5cc(C(=O)O)ccc5c4)c3C(=O)[O-])ccc2c1.O=C([O-])c1ccc2cc(-c3c(C(=O)[O-])cccc3C(=O)O)ccc2c1. The number of fused-ring (bicyclic) bond motifs is 3. The molecule has 0 aliphatic rings. The molecule has 310 valence electrons. The molecule has 8 rings (SSSR count). The van der Waals surface area contributed by atoms with Gasteiger partial charge >= 0.3 is 17.9 Å². The normalized spacial score (nSPS) is 10.8. The van der Waals surface area contributed by atoms with Crippen molar-refractivity contribution in [2.45, 2.75) is 0 Å². The largest absolute Gasteiger partial charge is 0.545 e. The lowest BCUT2D eigenvalue weighted by molar-refractivity contribution is -0.256. The summed E-state index contributed by atoms with van der Waals surface area (Å²) in [5, 5.41) is 78.3. The summed E-state index contributed by atoms with van der Waals surface area (Å²) in [6.07, 6.45) is 0. The van der Waals surface area contributed by atoms with Gasteiger partial charge < -0.3 is 54.9 Å². The number of rotatable bonds is 10. The first-order chi connectivity index (χ1) is 30.0. The summed E-state index contributed by atoms with van der Waals surface area (Å²) in [7, 11) is 0. The highest BCUT2D eigenvalue weighted by molar-refractivity contribution is 6.10. The molecule has 0 saturated carbocycles. The molecule has 0 aromatic heterocycles. The number of hydrogen-bond acceptors (Lipinski definition) is 11. The molecule has 0 aliphatic heterocycles. The smallest absolute Gasteiger partial charge is 0.336 e. The van der Waals surface area contributed by atoms with Gasteiger partial charge in [0.1, 0.15) is 0 Å². The predicted octanol–water partition coefficient (Wildman–Crippen LogP) is 4.38. The van der Waals surface area contributed by atoms with Crippen molar-refractivity contribution in [3.8, 4) is 33.4 Å². The van der Waals surface area contributed by atoms with Gasteiger partial charge in [0.15, 0.2) is 0 Å². The van der Waals surface area contributed by atoms with Gasteiger partial charge in [0.25, 0.3) is 0 Å². The second-order valence-corrected chi connectivity index (χ2v) is 14.0. The molecule has 0 bridgehead atoms. The minimum absolute atomic E-state index is 0.0154. The first kappa shape index (κ1) is 42.0. The fourth-order valence-electron chi connectivity index (χ4n) is 7.35. The van der Waals surface area contributed by atoms with E-state index in [4.69, 9.17) is 0 Å². The number of carboxylic acid groups (broad SMARTS) is 7. The van der Waals surface area contributed by atoms with Crippen LogP contribution in [-0.2, 0) is 0 Å². The third-order valence-corrected chi connectivity index (χ3v) is 10.3. The van der Waals surface area contributed by atoms with Crippen molar-refractivity contribution in [1.82, 2.24) is 0 Å². The third kappa shape index (κ3) is 8.35. The third-order valence-electron chi connectivity index (χ3n) is 10.3. The minimum Gasteiger partial charge on any atom is -0.545 e. The van der Waals surface area contributed by atoms with E-state index in [9.17, 15) is 69.3 Å². The van der Waals surface area contributed by atoms with Crippen LogP contribution in [0.5, 0.6) is 0 Å². The first-order valence-electron chi connectivity index (χ1n) is 18.5. The van der Waals surface area contributed by atoms with Gasteiger partial charge in [-0.1, -0.05) is 84.9 Å². The Bertz CT molecular complexity index is 3260. The maximum atomic E-state index is 12.5. The molecule has 0 atom stereocenters. The quantitative estimate of drug-likeness (QED) is 0.172. The molecule has 0 spiro atoms. The summed E-state index contributed by atoms with van der Waals surface area (Å²) in [5.41, 5.74) is 0.356. The Morgan fingerprint density at radius 1 is 0.333 bits per heavy atom. The molecule has 0 amide bonds. The van der Waals surface area contributed by atoms with Gasteiger partial charge in [-0.15, -0.1) is 0 Å². The molecule has 63 heavy (non-hydrogen) atoms. The number of carboxylic acids is 7. The van der Waals surface area contributed by atoms with Crippen LogP contribution in [-0.4, -0.2) is 57.1 Å². The van der Waals surface area contributed by atoms with Gasteiger partial charge in [-0.2, -0.15) is 0 Å². The van der Waals surface area contributed by atoms with Gasteiger partial charge in [-0.05, 0) is 115 Å². The second kappa shape index (κ2) is 16.8. The molecule has 0 radical (unpaired) electrons. The van der Waals surface area contributed by atoms with E-state index in [-0.39, 0.29) is 61.2 Å². The summed E-state index contributed by atoms with van der Waals surface area (Å²) in [4.78, 5) is 80.9. The lowest BCUT2D eigenvalue weighted by atomic mass is 9.86. The number of carbonyl (C=O) groups is 7. The molecular weight excluding hydrogens is 813 g/mol. The maximum Gasteiger partial charge on any atom is 0.336 e. The van der Waals surface area contributed by atoms with Gasteiger partial charge in [0, 0.05) is 27.8 Å². The number of carbonyl (C=O) groups excluding carboxylic acids is 4. The van der Waals surface area contributed by atoms with Crippen molar-refractivity contribution in [2.75, 3.05) is 0 Å². The highest BCUT2D eigenvalue weighted by atomic mass is 16.4. The Hall–Kier alpha value is -9.17. The fraction of sp³-hybridized carbons (Fsp3) is 0. The van der Waals surface area contributed by atoms with E-state index in [2.05, 4.69) is 0 Å². The number of aromatic carboxylic acids is 7. The summed E-state index contributed by atoms with van der Waals surface area (Å²) < 4.78 is 0. The Balaban J connectivity index is 0.000000206. The zero-order valence-corrected chi connectivity index (χ0v) is 32.1. The highest BCUT2D eigenvalue weighted by Gasteiger charge is 2.20. The lowest BCUT2D eigenvalue weighted by Gasteiger charge is -2.21. The van der Waals surface area contributed by atoms with Gasteiger partial charge in [0.2, 0.25) is 0 Å². The van der Waals surface area contributed by atoms with Crippen LogP contribution in [0.4, 0.5) is 0 Å². The minimum atomic E-state index is -1.60. The van der Waals surface area contributed by atoms with Crippen molar-refractivity contribution in [3.63, 3.8) is 0 Å². The fourth-order valence-corrected chi connectivity index (χ4v) is 7.35. The van der Waals surface area contributed by atoms with Crippen LogP contribution < -0.4 is 20.4 Å². The average molecular weight is 839 g/mol. The molecule has 8 aromatic rings. The van der Waals surface area contributed by atoms with Crippen LogP contribution in [0.25, 0.3) is 65.7 Å². The van der Waals surface area contributed by atoms with E-state index >= 15 is 0 Å². The van der Waals surface area contributed by atoms with Crippen molar-refractivity contribution >= 4 is 74.1 Å². The van der Waals surface area contributed by atoms with Gasteiger partial charge in [0.05, 0.1) is 40.6 Å². The molecule has 0 heterocycles. The van der Waals surface area contributed by atoms with E-state index in [1.165, 1.54) is 78.9 Å². The Morgan fingerprint density at radius 2 is 0.730 bits per heavy atom. The molecule has 14 nitrogen and oxygen atoms in total. The topological polar surface area (TPSA) is 272 Å². The average Bonchev–Trinajstić information content (AvgIpc) is 3.27.